The molecule has 2 unspecified atom stereocenters. The van der Waals surface area contributed by atoms with Gasteiger partial charge in [-0.05, 0) is 51.6 Å². The van der Waals surface area contributed by atoms with E-state index in [0.29, 0.717) is 6.54 Å². The van der Waals surface area contributed by atoms with Gasteiger partial charge in [-0.1, -0.05) is 6.92 Å². The molecule has 0 radical (unpaired) electrons. The molecule has 0 spiro atoms. The first-order chi connectivity index (χ1) is 7.76. The molecule has 0 amide bonds. The average Bonchev–Trinajstić information content (AvgIpc) is 2.49. The SMILES string of the molecule is CCOC(CN)CCN1CCCC(C)CC1. The van der Waals surface area contributed by atoms with Crippen molar-refractivity contribution in [3.8, 4) is 0 Å². The Kier molecular flexibility index (Phi) is 7.01. The Hall–Kier alpha value is -0.120. The van der Waals surface area contributed by atoms with Crippen molar-refractivity contribution >= 4 is 0 Å². The normalized spacial score (nSPS) is 25.3. The van der Waals surface area contributed by atoms with Gasteiger partial charge in [-0.25, -0.2) is 0 Å². The minimum Gasteiger partial charge on any atom is -0.377 e. The summed E-state index contributed by atoms with van der Waals surface area (Å²) < 4.78 is 5.58. The van der Waals surface area contributed by atoms with Crippen molar-refractivity contribution in [3.63, 3.8) is 0 Å². The molecule has 96 valence electrons. The second-order valence-electron chi connectivity index (χ2n) is 4.98. The smallest absolute Gasteiger partial charge is 0.0709 e. The summed E-state index contributed by atoms with van der Waals surface area (Å²) in [4.78, 5) is 2.57. The molecule has 0 aromatic carbocycles. The molecule has 1 aliphatic rings. The van der Waals surface area contributed by atoms with Crippen LogP contribution in [-0.2, 0) is 4.74 Å². The second kappa shape index (κ2) is 8.04. The summed E-state index contributed by atoms with van der Waals surface area (Å²) in [5.74, 6) is 0.905. The molecular weight excluding hydrogens is 200 g/mol. The van der Waals surface area contributed by atoms with E-state index >= 15 is 0 Å². The molecular formula is C13H28N2O. The molecule has 1 aliphatic heterocycles. The van der Waals surface area contributed by atoms with Crippen molar-refractivity contribution < 1.29 is 4.74 Å². The van der Waals surface area contributed by atoms with Crippen LogP contribution in [0.15, 0.2) is 0 Å². The predicted molar refractivity (Wildman–Crippen MR) is 68.5 cm³/mol. The predicted octanol–water partition coefficient (Wildman–Crippen LogP) is 1.86. The molecule has 1 saturated heterocycles. The zero-order chi connectivity index (χ0) is 11.8. The maximum Gasteiger partial charge on any atom is 0.0709 e. The third kappa shape index (κ3) is 5.28. The highest BCUT2D eigenvalue weighted by Crippen LogP contribution is 2.16. The monoisotopic (exact) mass is 228 g/mol. The number of ether oxygens (including phenoxy) is 1. The standard InChI is InChI=1S/C13H28N2O/c1-3-16-13(11-14)7-10-15-8-4-5-12(2)6-9-15/h12-13H,3-11,14H2,1-2H3. The van der Waals surface area contributed by atoms with Crippen LogP contribution in [0.4, 0.5) is 0 Å². The maximum atomic E-state index is 5.68. The Morgan fingerprint density at radius 3 is 2.88 bits per heavy atom. The van der Waals surface area contributed by atoms with Crippen LogP contribution in [0.25, 0.3) is 0 Å². The lowest BCUT2D eigenvalue weighted by molar-refractivity contribution is 0.0545. The number of hydrogen-bond acceptors (Lipinski definition) is 3. The lowest BCUT2D eigenvalue weighted by Gasteiger charge is -2.23. The van der Waals surface area contributed by atoms with E-state index < -0.39 is 0 Å². The Labute approximate surface area is 100 Å². The summed E-state index contributed by atoms with van der Waals surface area (Å²) in [6.07, 6.45) is 5.43. The van der Waals surface area contributed by atoms with Gasteiger partial charge in [0.25, 0.3) is 0 Å². The summed E-state index contributed by atoms with van der Waals surface area (Å²) >= 11 is 0. The minimum absolute atomic E-state index is 0.255. The molecule has 2 atom stereocenters. The number of nitrogens with zero attached hydrogens (tertiary/aromatic N) is 1. The van der Waals surface area contributed by atoms with Gasteiger partial charge >= 0.3 is 0 Å². The van der Waals surface area contributed by atoms with E-state index in [-0.39, 0.29) is 6.10 Å². The van der Waals surface area contributed by atoms with Crippen molar-refractivity contribution in [1.29, 1.82) is 0 Å². The molecule has 1 fully saturated rings. The topological polar surface area (TPSA) is 38.5 Å². The van der Waals surface area contributed by atoms with E-state index in [9.17, 15) is 0 Å². The van der Waals surface area contributed by atoms with Crippen LogP contribution in [0.2, 0.25) is 0 Å². The molecule has 0 bridgehead atoms. The van der Waals surface area contributed by atoms with Crippen LogP contribution >= 0.6 is 0 Å². The highest BCUT2D eigenvalue weighted by molar-refractivity contribution is 4.69. The Balaban J connectivity index is 2.20. The molecule has 1 heterocycles. The lowest BCUT2D eigenvalue weighted by Crippen LogP contribution is -2.32. The first kappa shape index (κ1) is 13.9. The first-order valence-electron chi connectivity index (χ1n) is 6.80. The largest absolute Gasteiger partial charge is 0.377 e. The number of likely N-dealkylation sites (tertiary alicyclic amines) is 1. The third-order valence-corrected chi connectivity index (χ3v) is 3.54. The molecule has 0 aliphatic carbocycles. The quantitative estimate of drug-likeness (QED) is 0.754. The lowest BCUT2D eigenvalue weighted by atomic mass is 10.0. The number of rotatable bonds is 6. The molecule has 16 heavy (non-hydrogen) atoms. The molecule has 3 nitrogen and oxygen atoms in total. The van der Waals surface area contributed by atoms with Crippen molar-refractivity contribution in [2.45, 2.75) is 45.6 Å². The van der Waals surface area contributed by atoms with Gasteiger partial charge < -0.3 is 15.4 Å². The second-order valence-corrected chi connectivity index (χ2v) is 4.98. The molecule has 0 saturated carbocycles. The van der Waals surface area contributed by atoms with Crippen molar-refractivity contribution in [3.05, 3.63) is 0 Å². The Morgan fingerprint density at radius 2 is 2.19 bits per heavy atom. The van der Waals surface area contributed by atoms with E-state index in [2.05, 4.69) is 11.8 Å². The van der Waals surface area contributed by atoms with Gasteiger partial charge in [0.2, 0.25) is 0 Å². The van der Waals surface area contributed by atoms with E-state index in [0.717, 1.165) is 25.5 Å². The highest BCUT2D eigenvalue weighted by Gasteiger charge is 2.15. The summed E-state index contributed by atoms with van der Waals surface area (Å²) in [5, 5.41) is 0. The zero-order valence-corrected chi connectivity index (χ0v) is 11.0. The fraction of sp³-hybridized carbons (Fsp3) is 1.00. The van der Waals surface area contributed by atoms with E-state index in [1.54, 1.807) is 0 Å². The van der Waals surface area contributed by atoms with Gasteiger partial charge in [-0.2, -0.15) is 0 Å². The van der Waals surface area contributed by atoms with Crippen molar-refractivity contribution in [2.24, 2.45) is 11.7 Å². The van der Waals surface area contributed by atoms with E-state index in [1.807, 2.05) is 6.92 Å². The molecule has 2 N–H and O–H groups in total. The average molecular weight is 228 g/mol. The van der Waals surface area contributed by atoms with Crippen LogP contribution in [0.3, 0.4) is 0 Å². The zero-order valence-electron chi connectivity index (χ0n) is 11.0. The van der Waals surface area contributed by atoms with Crippen LogP contribution in [-0.4, -0.2) is 43.8 Å². The van der Waals surface area contributed by atoms with Gasteiger partial charge in [0.15, 0.2) is 0 Å². The van der Waals surface area contributed by atoms with E-state index in [1.165, 1.54) is 32.4 Å². The highest BCUT2D eigenvalue weighted by atomic mass is 16.5. The van der Waals surface area contributed by atoms with Crippen LogP contribution in [0.1, 0.15) is 39.5 Å². The minimum atomic E-state index is 0.255. The van der Waals surface area contributed by atoms with Gasteiger partial charge in [-0.3, -0.25) is 0 Å². The van der Waals surface area contributed by atoms with Crippen molar-refractivity contribution in [2.75, 3.05) is 32.8 Å². The Bertz CT molecular complexity index is 175. The summed E-state index contributed by atoms with van der Waals surface area (Å²) in [7, 11) is 0. The first-order valence-corrected chi connectivity index (χ1v) is 6.80. The fourth-order valence-electron chi connectivity index (χ4n) is 2.38. The number of hydrogen-bond donors (Lipinski definition) is 1. The van der Waals surface area contributed by atoms with Gasteiger partial charge in [0.1, 0.15) is 0 Å². The molecule has 0 aromatic heterocycles. The summed E-state index contributed by atoms with van der Waals surface area (Å²) in [6.45, 7) is 9.49. The molecule has 1 rings (SSSR count). The molecule has 3 heteroatoms. The van der Waals surface area contributed by atoms with E-state index in [4.69, 9.17) is 10.5 Å². The molecule has 0 aromatic rings. The Morgan fingerprint density at radius 1 is 1.38 bits per heavy atom. The fourth-order valence-corrected chi connectivity index (χ4v) is 2.38. The van der Waals surface area contributed by atoms with Crippen LogP contribution < -0.4 is 5.73 Å². The van der Waals surface area contributed by atoms with Crippen LogP contribution in [0.5, 0.6) is 0 Å². The third-order valence-electron chi connectivity index (χ3n) is 3.54. The number of nitrogens with two attached hydrogens (primary N) is 1. The van der Waals surface area contributed by atoms with Crippen molar-refractivity contribution in [1.82, 2.24) is 4.90 Å². The van der Waals surface area contributed by atoms with Gasteiger partial charge in [0.05, 0.1) is 6.10 Å². The maximum absolute atomic E-state index is 5.68. The summed E-state index contributed by atoms with van der Waals surface area (Å²) in [5.41, 5.74) is 5.68. The van der Waals surface area contributed by atoms with Gasteiger partial charge in [0, 0.05) is 19.7 Å². The van der Waals surface area contributed by atoms with Gasteiger partial charge in [-0.15, -0.1) is 0 Å². The van der Waals surface area contributed by atoms with Crippen LogP contribution in [0, 0.1) is 5.92 Å². The summed E-state index contributed by atoms with van der Waals surface area (Å²) in [6, 6.07) is 0.